The molecule has 0 aromatic heterocycles. The molecule has 2 rings (SSSR count). The SMILES string of the molecule is CC[C@H](NC(=O)[C@H](C)N(c1cc(C)ccc1OC)S(C)(=O)=O)c1ccc(OC)c(C)c1. The van der Waals surface area contributed by atoms with Crippen molar-refractivity contribution >= 4 is 21.6 Å². The van der Waals surface area contributed by atoms with E-state index in [1.165, 1.54) is 7.11 Å². The fraction of sp³-hybridized carbons (Fsp3) is 0.435. The molecule has 0 saturated carbocycles. The Morgan fingerprint density at radius 2 is 1.68 bits per heavy atom. The second-order valence-corrected chi connectivity index (χ2v) is 9.47. The maximum Gasteiger partial charge on any atom is 0.244 e. The zero-order valence-corrected chi connectivity index (χ0v) is 20.0. The number of benzene rings is 2. The van der Waals surface area contributed by atoms with Gasteiger partial charge in [-0.15, -0.1) is 0 Å². The monoisotopic (exact) mass is 448 g/mol. The predicted octanol–water partition coefficient (Wildman–Crippen LogP) is 3.74. The van der Waals surface area contributed by atoms with Gasteiger partial charge < -0.3 is 14.8 Å². The van der Waals surface area contributed by atoms with Crippen molar-refractivity contribution in [2.24, 2.45) is 0 Å². The van der Waals surface area contributed by atoms with Crippen LogP contribution in [0.5, 0.6) is 11.5 Å². The van der Waals surface area contributed by atoms with Gasteiger partial charge in [-0.3, -0.25) is 9.10 Å². The van der Waals surface area contributed by atoms with Crippen molar-refractivity contribution in [1.82, 2.24) is 5.32 Å². The van der Waals surface area contributed by atoms with Crippen LogP contribution in [0.4, 0.5) is 5.69 Å². The summed E-state index contributed by atoms with van der Waals surface area (Å²) < 4.78 is 37.1. The van der Waals surface area contributed by atoms with Crippen molar-refractivity contribution in [3.05, 3.63) is 53.1 Å². The number of nitrogens with zero attached hydrogens (tertiary/aromatic N) is 1. The number of nitrogens with one attached hydrogen (secondary N) is 1. The first-order valence-electron chi connectivity index (χ1n) is 10.1. The minimum Gasteiger partial charge on any atom is -0.496 e. The summed E-state index contributed by atoms with van der Waals surface area (Å²) in [7, 11) is -0.675. The zero-order valence-electron chi connectivity index (χ0n) is 19.2. The number of aryl methyl sites for hydroxylation is 2. The first kappa shape index (κ1) is 24.5. The molecular weight excluding hydrogens is 416 g/mol. The molecule has 7 nitrogen and oxygen atoms in total. The third-order valence-corrected chi connectivity index (χ3v) is 6.43. The Hall–Kier alpha value is -2.74. The molecule has 31 heavy (non-hydrogen) atoms. The summed E-state index contributed by atoms with van der Waals surface area (Å²) in [6.45, 7) is 7.33. The fourth-order valence-electron chi connectivity index (χ4n) is 3.59. The van der Waals surface area contributed by atoms with E-state index >= 15 is 0 Å². The number of amides is 1. The van der Waals surface area contributed by atoms with Gasteiger partial charge in [-0.1, -0.05) is 25.1 Å². The second-order valence-electron chi connectivity index (χ2n) is 7.61. The van der Waals surface area contributed by atoms with E-state index < -0.39 is 22.0 Å². The van der Waals surface area contributed by atoms with E-state index in [2.05, 4.69) is 5.32 Å². The summed E-state index contributed by atoms with van der Waals surface area (Å²) >= 11 is 0. The van der Waals surface area contributed by atoms with Crippen molar-refractivity contribution in [2.45, 2.75) is 46.2 Å². The molecule has 0 aliphatic heterocycles. The molecule has 2 atom stereocenters. The van der Waals surface area contributed by atoms with Gasteiger partial charge in [0.25, 0.3) is 0 Å². The van der Waals surface area contributed by atoms with Gasteiger partial charge >= 0.3 is 0 Å². The lowest BCUT2D eigenvalue weighted by Gasteiger charge is -2.31. The van der Waals surface area contributed by atoms with Crippen molar-refractivity contribution in [3.8, 4) is 11.5 Å². The highest BCUT2D eigenvalue weighted by molar-refractivity contribution is 7.92. The lowest BCUT2D eigenvalue weighted by Crippen LogP contribution is -2.48. The Morgan fingerprint density at radius 3 is 2.19 bits per heavy atom. The van der Waals surface area contributed by atoms with E-state index in [0.717, 1.165) is 33.0 Å². The molecule has 0 aliphatic rings. The van der Waals surface area contributed by atoms with E-state index in [0.29, 0.717) is 17.9 Å². The van der Waals surface area contributed by atoms with E-state index in [1.54, 1.807) is 26.2 Å². The van der Waals surface area contributed by atoms with Crippen LogP contribution in [-0.2, 0) is 14.8 Å². The summed E-state index contributed by atoms with van der Waals surface area (Å²) in [5.74, 6) is 0.760. The van der Waals surface area contributed by atoms with Gasteiger partial charge in [0.05, 0.1) is 32.2 Å². The lowest BCUT2D eigenvalue weighted by molar-refractivity contribution is -0.122. The number of sulfonamides is 1. The van der Waals surface area contributed by atoms with E-state index in [-0.39, 0.29) is 6.04 Å². The van der Waals surface area contributed by atoms with Crippen molar-refractivity contribution < 1.29 is 22.7 Å². The van der Waals surface area contributed by atoms with Crippen LogP contribution in [-0.4, -0.2) is 40.8 Å². The third kappa shape index (κ3) is 5.70. The van der Waals surface area contributed by atoms with Crippen molar-refractivity contribution in [2.75, 3.05) is 24.8 Å². The number of carbonyl (C=O) groups excluding carboxylic acids is 1. The molecule has 2 aromatic carbocycles. The van der Waals surface area contributed by atoms with Gasteiger partial charge in [0.15, 0.2) is 0 Å². The number of hydrogen-bond acceptors (Lipinski definition) is 5. The Balaban J connectivity index is 2.37. The Kier molecular flexibility index (Phi) is 7.95. The van der Waals surface area contributed by atoms with Crippen molar-refractivity contribution in [1.29, 1.82) is 0 Å². The molecule has 0 unspecified atom stereocenters. The third-order valence-electron chi connectivity index (χ3n) is 5.21. The summed E-state index contributed by atoms with van der Waals surface area (Å²) in [5.41, 5.74) is 3.08. The number of rotatable bonds is 9. The average Bonchev–Trinajstić information content (AvgIpc) is 2.71. The highest BCUT2D eigenvalue weighted by atomic mass is 32.2. The Bertz CT molecular complexity index is 1040. The van der Waals surface area contributed by atoms with Crippen LogP contribution < -0.4 is 19.1 Å². The topological polar surface area (TPSA) is 84.9 Å². The summed E-state index contributed by atoms with van der Waals surface area (Å²) in [5, 5.41) is 3.00. The number of ether oxygens (including phenoxy) is 2. The molecule has 1 amide bonds. The maximum absolute atomic E-state index is 13.2. The van der Waals surface area contributed by atoms with Crippen LogP contribution in [0.3, 0.4) is 0 Å². The van der Waals surface area contributed by atoms with Crippen LogP contribution in [0.25, 0.3) is 0 Å². The lowest BCUT2D eigenvalue weighted by atomic mass is 10.0. The summed E-state index contributed by atoms with van der Waals surface area (Å²) in [6.07, 6.45) is 1.74. The van der Waals surface area contributed by atoms with Gasteiger partial charge in [-0.25, -0.2) is 8.42 Å². The van der Waals surface area contributed by atoms with Crippen molar-refractivity contribution in [3.63, 3.8) is 0 Å². The standard InChI is InChI=1S/C23H32N2O5S/c1-8-19(18-10-12-21(29-5)16(3)14-18)24-23(26)17(4)25(31(7,27)28)20-13-15(2)9-11-22(20)30-6/h9-14,17,19H,8H2,1-7H3,(H,24,26)/t17-,19-/m0/s1. The average molecular weight is 449 g/mol. The van der Waals surface area contributed by atoms with Crippen LogP contribution in [0.2, 0.25) is 0 Å². The molecule has 0 heterocycles. The fourth-order valence-corrected chi connectivity index (χ4v) is 4.76. The smallest absolute Gasteiger partial charge is 0.244 e. The van der Waals surface area contributed by atoms with Crippen LogP contribution >= 0.6 is 0 Å². The number of hydrogen-bond donors (Lipinski definition) is 1. The minimum atomic E-state index is -3.76. The van der Waals surface area contributed by atoms with Gasteiger partial charge in [0.2, 0.25) is 15.9 Å². The number of anilines is 1. The zero-order chi connectivity index (χ0) is 23.3. The molecule has 0 radical (unpaired) electrons. The molecular formula is C23H32N2O5S. The predicted molar refractivity (Wildman–Crippen MR) is 123 cm³/mol. The van der Waals surface area contributed by atoms with Crippen LogP contribution in [0.15, 0.2) is 36.4 Å². The van der Waals surface area contributed by atoms with Crippen LogP contribution in [0, 0.1) is 13.8 Å². The van der Waals surface area contributed by atoms with Gasteiger partial charge in [-0.2, -0.15) is 0 Å². The first-order chi connectivity index (χ1) is 14.5. The molecule has 2 aromatic rings. The molecule has 8 heteroatoms. The Labute approximate surface area is 185 Å². The molecule has 0 spiro atoms. The molecule has 1 N–H and O–H groups in total. The largest absolute Gasteiger partial charge is 0.496 e. The maximum atomic E-state index is 13.2. The van der Waals surface area contributed by atoms with E-state index in [4.69, 9.17) is 9.47 Å². The van der Waals surface area contributed by atoms with Gasteiger partial charge in [0, 0.05) is 0 Å². The van der Waals surface area contributed by atoms with E-state index in [1.807, 2.05) is 45.0 Å². The van der Waals surface area contributed by atoms with Gasteiger partial charge in [0.1, 0.15) is 17.5 Å². The highest BCUT2D eigenvalue weighted by Crippen LogP contribution is 2.33. The molecule has 0 fully saturated rings. The summed E-state index contributed by atoms with van der Waals surface area (Å²) in [4.78, 5) is 13.2. The highest BCUT2D eigenvalue weighted by Gasteiger charge is 2.32. The molecule has 0 saturated heterocycles. The normalized spacial score (nSPS) is 13.3. The molecule has 0 aliphatic carbocycles. The number of carbonyl (C=O) groups is 1. The number of methoxy groups -OCH3 is 2. The minimum absolute atomic E-state index is 0.264. The van der Waals surface area contributed by atoms with Gasteiger partial charge in [-0.05, 0) is 62.1 Å². The Morgan fingerprint density at radius 1 is 1.06 bits per heavy atom. The first-order valence-corrected chi connectivity index (χ1v) is 12.0. The van der Waals surface area contributed by atoms with Crippen LogP contribution in [0.1, 0.15) is 43.0 Å². The quantitative estimate of drug-likeness (QED) is 0.632. The molecule has 0 bridgehead atoms. The van der Waals surface area contributed by atoms with E-state index in [9.17, 15) is 13.2 Å². The summed E-state index contributed by atoms with van der Waals surface area (Å²) in [6, 6.07) is 9.73. The second kappa shape index (κ2) is 10.0. The molecule has 170 valence electrons.